The van der Waals surface area contributed by atoms with E-state index in [9.17, 15) is 4.79 Å². The van der Waals surface area contributed by atoms with E-state index < -0.39 is 0 Å². The highest BCUT2D eigenvalue weighted by Gasteiger charge is 2.06. The van der Waals surface area contributed by atoms with E-state index in [0.717, 1.165) is 12.1 Å². The van der Waals surface area contributed by atoms with E-state index in [1.807, 2.05) is 6.92 Å². The smallest absolute Gasteiger partial charge is 0.338 e. The minimum atomic E-state index is -0.310. The first-order valence-corrected chi connectivity index (χ1v) is 5.32. The number of esters is 1. The van der Waals surface area contributed by atoms with E-state index >= 15 is 0 Å². The molecule has 0 aliphatic rings. The maximum atomic E-state index is 11.5. The van der Waals surface area contributed by atoms with Gasteiger partial charge in [-0.05, 0) is 41.1 Å². The fourth-order valence-electron chi connectivity index (χ4n) is 1.31. The number of nitrogens with zero attached hydrogens (tertiary/aromatic N) is 4. The molecule has 0 N–H and O–H groups in total. The molecule has 1 aromatic carbocycles. The van der Waals surface area contributed by atoms with E-state index in [4.69, 9.17) is 4.74 Å². The Morgan fingerprint density at radius 1 is 1.35 bits per heavy atom. The molecule has 0 amide bonds. The number of hydrogen-bond donors (Lipinski definition) is 0. The molecule has 0 aliphatic heterocycles. The van der Waals surface area contributed by atoms with Crippen LogP contribution in [0.2, 0.25) is 0 Å². The summed E-state index contributed by atoms with van der Waals surface area (Å²) in [4.78, 5) is 11.5. The number of benzene rings is 1. The van der Waals surface area contributed by atoms with E-state index in [0.29, 0.717) is 12.2 Å². The fourth-order valence-corrected chi connectivity index (χ4v) is 1.31. The van der Waals surface area contributed by atoms with Gasteiger partial charge in [0.25, 0.3) is 0 Å². The Morgan fingerprint density at radius 2 is 2.12 bits per heavy atom. The molecule has 0 fully saturated rings. The standard InChI is InChI=1S/C11H12N4O2/c1-2-7-17-11(16)9-3-5-10(6-4-9)15-8-12-13-14-15/h3-6,8H,2,7H2,1H3. The van der Waals surface area contributed by atoms with Crippen LogP contribution in [0.4, 0.5) is 0 Å². The monoisotopic (exact) mass is 232 g/mol. The predicted molar refractivity (Wildman–Crippen MR) is 59.7 cm³/mol. The SMILES string of the molecule is CCCOC(=O)c1ccc(-n2cnnn2)cc1. The van der Waals surface area contributed by atoms with Crippen LogP contribution in [0.15, 0.2) is 30.6 Å². The normalized spacial score (nSPS) is 10.2. The van der Waals surface area contributed by atoms with Crippen LogP contribution in [0.3, 0.4) is 0 Å². The van der Waals surface area contributed by atoms with Gasteiger partial charge in [0.05, 0.1) is 17.9 Å². The molecule has 88 valence electrons. The highest BCUT2D eigenvalue weighted by atomic mass is 16.5. The van der Waals surface area contributed by atoms with E-state index in [2.05, 4.69) is 15.5 Å². The third-order valence-electron chi connectivity index (χ3n) is 2.15. The van der Waals surface area contributed by atoms with Gasteiger partial charge in [-0.2, -0.15) is 0 Å². The van der Waals surface area contributed by atoms with Gasteiger partial charge in [-0.25, -0.2) is 9.48 Å². The topological polar surface area (TPSA) is 69.9 Å². The average Bonchev–Trinajstić information content (AvgIpc) is 2.90. The van der Waals surface area contributed by atoms with Crippen LogP contribution in [0.5, 0.6) is 0 Å². The third-order valence-corrected chi connectivity index (χ3v) is 2.15. The van der Waals surface area contributed by atoms with Crippen LogP contribution in [-0.4, -0.2) is 32.8 Å². The van der Waals surface area contributed by atoms with E-state index in [-0.39, 0.29) is 5.97 Å². The first-order chi connectivity index (χ1) is 8.31. The van der Waals surface area contributed by atoms with Crippen molar-refractivity contribution in [3.05, 3.63) is 36.2 Å². The highest BCUT2D eigenvalue weighted by molar-refractivity contribution is 5.89. The summed E-state index contributed by atoms with van der Waals surface area (Å²) in [5.41, 5.74) is 1.32. The van der Waals surface area contributed by atoms with Gasteiger partial charge in [0.2, 0.25) is 0 Å². The van der Waals surface area contributed by atoms with Gasteiger partial charge in [0.15, 0.2) is 0 Å². The van der Waals surface area contributed by atoms with Crippen LogP contribution in [0, 0.1) is 0 Å². The quantitative estimate of drug-likeness (QED) is 0.741. The lowest BCUT2D eigenvalue weighted by atomic mass is 10.2. The number of carbonyl (C=O) groups is 1. The molecule has 17 heavy (non-hydrogen) atoms. The number of carbonyl (C=O) groups excluding carboxylic acids is 1. The zero-order valence-electron chi connectivity index (χ0n) is 9.41. The van der Waals surface area contributed by atoms with Crippen LogP contribution < -0.4 is 0 Å². The van der Waals surface area contributed by atoms with Crippen molar-refractivity contribution in [2.24, 2.45) is 0 Å². The van der Waals surface area contributed by atoms with Gasteiger partial charge in [0, 0.05) is 0 Å². The molecule has 0 atom stereocenters. The molecule has 0 radical (unpaired) electrons. The summed E-state index contributed by atoms with van der Waals surface area (Å²) in [6, 6.07) is 6.90. The summed E-state index contributed by atoms with van der Waals surface area (Å²) in [6.07, 6.45) is 2.30. The minimum Gasteiger partial charge on any atom is -0.462 e. The Bertz CT molecular complexity index is 479. The molecule has 0 spiro atoms. The second-order valence-electron chi connectivity index (χ2n) is 3.44. The van der Waals surface area contributed by atoms with Crippen LogP contribution in [0.1, 0.15) is 23.7 Å². The first kappa shape index (κ1) is 11.3. The van der Waals surface area contributed by atoms with Gasteiger partial charge >= 0.3 is 5.97 Å². The first-order valence-electron chi connectivity index (χ1n) is 5.32. The van der Waals surface area contributed by atoms with Gasteiger partial charge < -0.3 is 4.74 Å². The molecular weight excluding hydrogens is 220 g/mol. The fraction of sp³-hybridized carbons (Fsp3) is 0.273. The summed E-state index contributed by atoms with van der Waals surface area (Å²) < 4.78 is 6.54. The predicted octanol–water partition coefficient (Wildman–Crippen LogP) is 1.23. The second kappa shape index (κ2) is 5.20. The van der Waals surface area contributed by atoms with E-state index in [1.165, 1.54) is 11.0 Å². The van der Waals surface area contributed by atoms with Crippen molar-refractivity contribution < 1.29 is 9.53 Å². The largest absolute Gasteiger partial charge is 0.462 e. The molecular formula is C11H12N4O2. The van der Waals surface area contributed by atoms with E-state index in [1.54, 1.807) is 24.3 Å². The van der Waals surface area contributed by atoms with Crippen LogP contribution >= 0.6 is 0 Å². The third kappa shape index (κ3) is 2.66. The summed E-state index contributed by atoms with van der Waals surface area (Å²) in [5, 5.41) is 10.8. The zero-order valence-corrected chi connectivity index (χ0v) is 9.41. The summed E-state index contributed by atoms with van der Waals surface area (Å²) in [6.45, 7) is 2.39. The molecule has 2 rings (SSSR count). The zero-order chi connectivity index (χ0) is 12.1. The number of aromatic nitrogens is 4. The number of ether oxygens (including phenoxy) is 1. The minimum absolute atomic E-state index is 0.310. The van der Waals surface area contributed by atoms with Crippen molar-refractivity contribution in [3.8, 4) is 5.69 Å². The van der Waals surface area contributed by atoms with Crippen LogP contribution in [-0.2, 0) is 4.74 Å². The second-order valence-corrected chi connectivity index (χ2v) is 3.44. The van der Waals surface area contributed by atoms with Crippen LogP contribution in [0.25, 0.3) is 5.69 Å². The summed E-state index contributed by atoms with van der Waals surface area (Å²) >= 11 is 0. The molecule has 6 heteroatoms. The Labute approximate surface area is 98.2 Å². The molecule has 0 saturated heterocycles. The molecule has 2 aromatic rings. The summed E-state index contributed by atoms with van der Waals surface area (Å²) in [7, 11) is 0. The van der Waals surface area contributed by atoms with Crippen molar-refractivity contribution in [1.29, 1.82) is 0 Å². The van der Waals surface area contributed by atoms with Gasteiger partial charge in [0.1, 0.15) is 6.33 Å². The number of rotatable bonds is 4. The molecule has 0 saturated carbocycles. The Balaban J connectivity index is 2.10. The lowest BCUT2D eigenvalue weighted by molar-refractivity contribution is 0.0505. The lowest BCUT2D eigenvalue weighted by Gasteiger charge is -2.04. The Hall–Kier alpha value is -2.24. The maximum Gasteiger partial charge on any atom is 0.338 e. The summed E-state index contributed by atoms with van der Waals surface area (Å²) in [5.74, 6) is -0.310. The maximum absolute atomic E-state index is 11.5. The van der Waals surface area contributed by atoms with Gasteiger partial charge in [-0.1, -0.05) is 6.92 Å². The molecule has 0 bridgehead atoms. The number of tetrazole rings is 1. The lowest BCUT2D eigenvalue weighted by Crippen LogP contribution is -2.06. The average molecular weight is 232 g/mol. The molecule has 0 unspecified atom stereocenters. The highest BCUT2D eigenvalue weighted by Crippen LogP contribution is 2.08. The van der Waals surface area contributed by atoms with Crippen molar-refractivity contribution in [3.63, 3.8) is 0 Å². The molecule has 1 heterocycles. The Kier molecular flexibility index (Phi) is 3.44. The van der Waals surface area contributed by atoms with Gasteiger partial charge in [-0.3, -0.25) is 0 Å². The van der Waals surface area contributed by atoms with Gasteiger partial charge in [-0.15, -0.1) is 5.10 Å². The van der Waals surface area contributed by atoms with Crippen molar-refractivity contribution >= 4 is 5.97 Å². The molecule has 0 aliphatic carbocycles. The van der Waals surface area contributed by atoms with Crippen molar-refractivity contribution in [2.75, 3.05) is 6.61 Å². The molecule has 1 aromatic heterocycles. The number of hydrogen-bond acceptors (Lipinski definition) is 5. The molecule has 6 nitrogen and oxygen atoms in total. The van der Waals surface area contributed by atoms with Crippen molar-refractivity contribution in [1.82, 2.24) is 20.2 Å². The Morgan fingerprint density at radius 3 is 2.71 bits per heavy atom. The van der Waals surface area contributed by atoms with Crippen molar-refractivity contribution in [2.45, 2.75) is 13.3 Å².